The molecule has 0 aromatic heterocycles. The molecule has 0 saturated heterocycles. The van der Waals surface area contributed by atoms with Crippen LogP contribution in [0.4, 0.5) is 13.2 Å². The van der Waals surface area contributed by atoms with Crippen LogP contribution in [-0.4, -0.2) is 0 Å². The van der Waals surface area contributed by atoms with Gasteiger partial charge in [-0.25, -0.2) is 0 Å². The SMILES string of the molecule is Cc1cc2cc(C#N)c(C#N)c(-c3cccc(C(F)(F)F)c3)c2cc1C. The van der Waals surface area contributed by atoms with E-state index in [1.165, 1.54) is 12.1 Å². The maximum absolute atomic E-state index is 13.1. The van der Waals surface area contributed by atoms with Crippen LogP contribution in [0.1, 0.15) is 27.8 Å². The fraction of sp³-hybridized carbons (Fsp3) is 0.143. The molecule has 0 aliphatic carbocycles. The lowest BCUT2D eigenvalue weighted by atomic mass is 9.88. The molecule has 0 aliphatic rings. The molecule has 3 aromatic carbocycles. The van der Waals surface area contributed by atoms with E-state index < -0.39 is 11.7 Å². The first-order chi connectivity index (χ1) is 12.3. The molecule has 26 heavy (non-hydrogen) atoms. The molecular weight excluding hydrogens is 337 g/mol. The van der Waals surface area contributed by atoms with Gasteiger partial charge >= 0.3 is 6.18 Å². The van der Waals surface area contributed by atoms with Crippen molar-refractivity contribution in [3.8, 4) is 23.3 Å². The summed E-state index contributed by atoms with van der Waals surface area (Å²) in [6.07, 6.45) is -4.49. The van der Waals surface area contributed by atoms with E-state index in [0.717, 1.165) is 28.6 Å². The molecule has 0 heterocycles. The van der Waals surface area contributed by atoms with Gasteiger partial charge in [-0.1, -0.05) is 24.3 Å². The molecular formula is C21H13F3N2. The number of aryl methyl sites for hydroxylation is 2. The third kappa shape index (κ3) is 2.89. The number of hydrogen-bond acceptors (Lipinski definition) is 2. The zero-order chi connectivity index (χ0) is 19.1. The number of rotatable bonds is 1. The Morgan fingerprint density at radius 1 is 0.885 bits per heavy atom. The quantitative estimate of drug-likeness (QED) is 0.550. The van der Waals surface area contributed by atoms with Gasteiger partial charge in [-0.05, 0) is 59.5 Å². The molecule has 5 heteroatoms. The van der Waals surface area contributed by atoms with Crippen molar-refractivity contribution < 1.29 is 13.2 Å². The van der Waals surface area contributed by atoms with Gasteiger partial charge in [-0.3, -0.25) is 0 Å². The molecule has 128 valence electrons. The minimum Gasteiger partial charge on any atom is -0.192 e. The maximum Gasteiger partial charge on any atom is 0.416 e. The van der Waals surface area contributed by atoms with Gasteiger partial charge in [0.05, 0.1) is 16.7 Å². The van der Waals surface area contributed by atoms with Gasteiger partial charge in [0.2, 0.25) is 0 Å². The zero-order valence-corrected chi connectivity index (χ0v) is 14.1. The minimum atomic E-state index is -4.49. The van der Waals surface area contributed by atoms with E-state index in [1.54, 1.807) is 6.07 Å². The molecule has 0 radical (unpaired) electrons. The molecule has 0 amide bonds. The molecule has 3 rings (SSSR count). The first-order valence-electron chi connectivity index (χ1n) is 7.82. The van der Waals surface area contributed by atoms with E-state index in [4.69, 9.17) is 0 Å². The number of alkyl halides is 3. The molecule has 0 spiro atoms. The lowest BCUT2D eigenvalue weighted by molar-refractivity contribution is -0.137. The molecule has 2 nitrogen and oxygen atoms in total. The molecule has 0 atom stereocenters. The predicted molar refractivity (Wildman–Crippen MR) is 93.3 cm³/mol. The highest BCUT2D eigenvalue weighted by atomic mass is 19.4. The van der Waals surface area contributed by atoms with Crippen molar-refractivity contribution in [2.75, 3.05) is 0 Å². The van der Waals surface area contributed by atoms with Crippen LogP contribution in [0, 0.1) is 36.5 Å². The number of fused-ring (bicyclic) bond motifs is 1. The minimum absolute atomic E-state index is 0.0857. The highest BCUT2D eigenvalue weighted by Crippen LogP contribution is 2.38. The van der Waals surface area contributed by atoms with Crippen molar-refractivity contribution in [3.05, 3.63) is 70.3 Å². The van der Waals surface area contributed by atoms with Crippen LogP contribution in [0.5, 0.6) is 0 Å². The monoisotopic (exact) mass is 350 g/mol. The van der Waals surface area contributed by atoms with Crippen LogP contribution in [0.2, 0.25) is 0 Å². The highest BCUT2D eigenvalue weighted by molar-refractivity contribution is 6.01. The number of nitrogens with zero attached hydrogens (tertiary/aromatic N) is 2. The summed E-state index contributed by atoms with van der Waals surface area (Å²) in [5, 5.41) is 20.4. The van der Waals surface area contributed by atoms with E-state index in [2.05, 4.69) is 0 Å². The topological polar surface area (TPSA) is 47.6 Å². The fourth-order valence-corrected chi connectivity index (χ4v) is 3.03. The first-order valence-corrected chi connectivity index (χ1v) is 7.82. The summed E-state index contributed by atoms with van der Waals surface area (Å²) in [7, 11) is 0. The average molecular weight is 350 g/mol. The van der Waals surface area contributed by atoms with Crippen LogP contribution >= 0.6 is 0 Å². The Morgan fingerprint density at radius 3 is 2.19 bits per heavy atom. The Bertz CT molecular complexity index is 1110. The average Bonchev–Trinajstić information content (AvgIpc) is 2.60. The largest absolute Gasteiger partial charge is 0.416 e. The molecule has 0 unspecified atom stereocenters. The van der Waals surface area contributed by atoms with Gasteiger partial charge in [-0.15, -0.1) is 0 Å². The van der Waals surface area contributed by atoms with Crippen LogP contribution < -0.4 is 0 Å². The van der Waals surface area contributed by atoms with Crippen molar-refractivity contribution >= 4 is 10.8 Å². The number of benzene rings is 3. The molecule has 0 bridgehead atoms. The van der Waals surface area contributed by atoms with E-state index >= 15 is 0 Å². The highest BCUT2D eigenvalue weighted by Gasteiger charge is 2.31. The Morgan fingerprint density at radius 2 is 1.58 bits per heavy atom. The first kappa shape index (κ1) is 17.5. The smallest absolute Gasteiger partial charge is 0.192 e. The molecule has 0 fully saturated rings. The van der Waals surface area contributed by atoms with E-state index in [-0.39, 0.29) is 16.7 Å². The van der Waals surface area contributed by atoms with Crippen LogP contribution in [-0.2, 0) is 6.18 Å². The standard InChI is InChI=1S/C21H13F3N2/c1-12-6-15-8-16(10-25)19(11-26)20(18(15)7-13(12)2)14-4-3-5-17(9-14)21(22,23)24/h3-9H,1-2H3. The van der Waals surface area contributed by atoms with Gasteiger partial charge in [0.25, 0.3) is 0 Å². The van der Waals surface area contributed by atoms with Crippen molar-refractivity contribution in [2.45, 2.75) is 20.0 Å². The van der Waals surface area contributed by atoms with Gasteiger partial charge in [0, 0.05) is 5.56 Å². The van der Waals surface area contributed by atoms with Gasteiger partial charge in [-0.2, -0.15) is 23.7 Å². The van der Waals surface area contributed by atoms with Gasteiger partial charge < -0.3 is 0 Å². The molecule has 0 saturated carbocycles. The van der Waals surface area contributed by atoms with Crippen molar-refractivity contribution in [2.24, 2.45) is 0 Å². The third-order valence-corrected chi connectivity index (χ3v) is 4.47. The fourth-order valence-electron chi connectivity index (χ4n) is 3.03. The predicted octanol–water partition coefficient (Wildman–Crippen LogP) is 5.89. The second-order valence-corrected chi connectivity index (χ2v) is 6.13. The summed E-state index contributed by atoms with van der Waals surface area (Å²) in [5.41, 5.74) is 2.02. The Kier molecular flexibility index (Phi) is 4.18. The molecule has 0 N–H and O–H groups in total. The Hall–Kier alpha value is -3.31. The van der Waals surface area contributed by atoms with E-state index in [0.29, 0.717) is 10.9 Å². The van der Waals surface area contributed by atoms with E-state index in [9.17, 15) is 23.7 Å². The van der Waals surface area contributed by atoms with E-state index in [1.807, 2.05) is 38.1 Å². The summed E-state index contributed by atoms with van der Waals surface area (Å²) in [6.45, 7) is 3.82. The summed E-state index contributed by atoms with van der Waals surface area (Å²) in [6, 6.07) is 14.2. The molecule has 3 aromatic rings. The van der Waals surface area contributed by atoms with Crippen LogP contribution in [0.15, 0.2) is 42.5 Å². The molecule has 0 aliphatic heterocycles. The van der Waals surface area contributed by atoms with Gasteiger partial charge in [0.15, 0.2) is 0 Å². The summed E-state index contributed by atoms with van der Waals surface area (Å²) in [5.74, 6) is 0. The van der Waals surface area contributed by atoms with Crippen molar-refractivity contribution in [3.63, 3.8) is 0 Å². The number of nitriles is 2. The summed E-state index contributed by atoms with van der Waals surface area (Å²) >= 11 is 0. The van der Waals surface area contributed by atoms with Crippen molar-refractivity contribution in [1.82, 2.24) is 0 Å². The summed E-state index contributed by atoms with van der Waals surface area (Å²) < 4.78 is 39.4. The Balaban J connectivity index is 2.47. The van der Waals surface area contributed by atoms with Crippen LogP contribution in [0.25, 0.3) is 21.9 Å². The summed E-state index contributed by atoms with van der Waals surface area (Å²) in [4.78, 5) is 0. The second-order valence-electron chi connectivity index (χ2n) is 6.13. The Labute approximate surface area is 148 Å². The van der Waals surface area contributed by atoms with Crippen molar-refractivity contribution in [1.29, 1.82) is 10.5 Å². The maximum atomic E-state index is 13.1. The lowest BCUT2D eigenvalue weighted by Crippen LogP contribution is -2.05. The second kappa shape index (κ2) is 6.20. The number of hydrogen-bond donors (Lipinski definition) is 0. The number of halogens is 3. The third-order valence-electron chi connectivity index (χ3n) is 4.47. The van der Waals surface area contributed by atoms with Gasteiger partial charge in [0.1, 0.15) is 12.1 Å². The van der Waals surface area contributed by atoms with Crippen LogP contribution in [0.3, 0.4) is 0 Å². The normalized spacial score (nSPS) is 11.2. The lowest BCUT2D eigenvalue weighted by Gasteiger charge is -2.15. The zero-order valence-electron chi connectivity index (χ0n) is 14.1.